The van der Waals surface area contributed by atoms with Crippen LogP contribution in [0.25, 0.3) is 32.8 Å². The van der Waals surface area contributed by atoms with Crippen molar-refractivity contribution in [3.05, 3.63) is 97.1 Å². The van der Waals surface area contributed by atoms with E-state index in [0.29, 0.717) is 36.8 Å². The van der Waals surface area contributed by atoms with Crippen LogP contribution < -0.4 is 10.1 Å². The number of thiazole rings is 1. The number of nitrogens with one attached hydrogen (secondary N) is 1. The lowest BCUT2D eigenvalue weighted by Crippen LogP contribution is -2.28. The standard InChI is InChI=1S/C38H37ClFN5O3S/c1-20-31-13-8-22-16-23-18-24(40)9-10-25(23)30(17-22)48-15-5-6-26-27-11-12-28(39)34(35(27)44(3)36(26)38(46)47)33-21(2)43-45-14-4-7-29(37(33)45)41-19-32(42-20)49-31/h9-12,16-18,29,41H,4-8,13-15,19H2,1-3H3,(H,46,47). The maximum absolute atomic E-state index is 14.3. The van der Waals surface area contributed by atoms with Crippen molar-refractivity contribution in [1.82, 2.24) is 24.6 Å². The predicted molar refractivity (Wildman–Crippen MR) is 192 cm³/mol. The second-order valence-corrected chi connectivity index (χ2v) is 14.8. The van der Waals surface area contributed by atoms with E-state index in [4.69, 9.17) is 26.4 Å². The third-order valence-corrected chi connectivity index (χ3v) is 11.6. The van der Waals surface area contributed by atoms with Crippen molar-refractivity contribution in [2.24, 2.45) is 7.05 Å². The quantitative estimate of drug-likeness (QED) is 0.179. The number of hydrogen-bond donors (Lipinski definition) is 2. The van der Waals surface area contributed by atoms with E-state index >= 15 is 0 Å². The smallest absolute Gasteiger partial charge is 0.352 e. The summed E-state index contributed by atoms with van der Waals surface area (Å²) < 4.78 is 24.6. The number of aromatic nitrogens is 4. The summed E-state index contributed by atoms with van der Waals surface area (Å²) in [5.74, 6) is -0.576. The number of aromatic carboxylic acids is 1. The summed E-state index contributed by atoms with van der Waals surface area (Å²) >= 11 is 8.80. The number of nitrogens with zero attached hydrogens (tertiary/aromatic N) is 4. The van der Waals surface area contributed by atoms with E-state index in [-0.39, 0.29) is 17.6 Å². The van der Waals surface area contributed by atoms with Crippen LogP contribution >= 0.6 is 22.9 Å². The minimum absolute atomic E-state index is 0.0188. The molecule has 0 saturated carbocycles. The van der Waals surface area contributed by atoms with Gasteiger partial charge < -0.3 is 19.7 Å². The second kappa shape index (κ2) is 12.6. The maximum Gasteiger partial charge on any atom is 0.352 e. The summed E-state index contributed by atoms with van der Waals surface area (Å²) in [5.41, 5.74) is 7.60. The highest BCUT2D eigenvalue weighted by Gasteiger charge is 2.32. The van der Waals surface area contributed by atoms with Gasteiger partial charge in [0.15, 0.2) is 0 Å². The molecule has 0 amide bonds. The number of fused-ring (bicyclic) bond motifs is 7. The van der Waals surface area contributed by atoms with Gasteiger partial charge in [-0.1, -0.05) is 23.7 Å². The first kappa shape index (κ1) is 32.0. The molecule has 0 spiro atoms. The van der Waals surface area contributed by atoms with Crippen LogP contribution in [0.2, 0.25) is 5.02 Å². The fourth-order valence-electron chi connectivity index (χ4n) is 7.90. The lowest BCUT2D eigenvalue weighted by Gasteiger charge is -2.26. The number of ether oxygens (including phenoxy) is 1. The lowest BCUT2D eigenvalue weighted by atomic mass is 9.93. The number of benzene rings is 3. The van der Waals surface area contributed by atoms with Crippen molar-refractivity contribution in [1.29, 1.82) is 0 Å². The van der Waals surface area contributed by atoms with Gasteiger partial charge in [-0.3, -0.25) is 4.68 Å². The highest BCUT2D eigenvalue weighted by molar-refractivity contribution is 7.11. The van der Waals surface area contributed by atoms with Gasteiger partial charge in [0.25, 0.3) is 0 Å². The molecule has 2 aliphatic rings. The molecule has 8 nitrogen and oxygen atoms in total. The number of rotatable bonds is 1. The number of halogens is 2. The summed E-state index contributed by atoms with van der Waals surface area (Å²) in [6.45, 7) is 5.87. The van der Waals surface area contributed by atoms with Crippen LogP contribution in [0.1, 0.15) is 73.9 Å². The largest absolute Gasteiger partial charge is 0.493 e. The summed E-state index contributed by atoms with van der Waals surface area (Å²) in [6, 6.07) is 12.7. The van der Waals surface area contributed by atoms with Gasteiger partial charge >= 0.3 is 5.97 Å². The Bertz CT molecular complexity index is 2290. The minimum atomic E-state index is -0.988. The van der Waals surface area contributed by atoms with E-state index in [9.17, 15) is 14.3 Å². The van der Waals surface area contributed by atoms with Crippen LogP contribution in [0.3, 0.4) is 0 Å². The molecule has 49 heavy (non-hydrogen) atoms. The van der Waals surface area contributed by atoms with Gasteiger partial charge in [0.1, 0.15) is 22.3 Å². The Hall–Kier alpha value is -4.25. The summed E-state index contributed by atoms with van der Waals surface area (Å²) in [6.07, 6.45) is 4.59. The Morgan fingerprint density at radius 3 is 2.73 bits per heavy atom. The number of hydrogen-bond acceptors (Lipinski definition) is 6. The van der Waals surface area contributed by atoms with E-state index in [1.807, 2.05) is 32.2 Å². The van der Waals surface area contributed by atoms with Gasteiger partial charge in [0.05, 0.1) is 40.3 Å². The van der Waals surface area contributed by atoms with Crippen LogP contribution in [0.15, 0.2) is 42.5 Å². The van der Waals surface area contributed by atoms with E-state index in [1.54, 1.807) is 28.0 Å². The van der Waals surface area contributed by atoms with Crippen LogP contribution in [0.4, 0.5) is 4.39 Å². The molecule has 1 unspecified atom stereocenters. The Morgan fingerprint density at radius 1 is 1.06 bits per heavy atom. The molecule has 8 bridgehead atoms. The number of carbonyl (C=O) groups is 1. The third-order valence-electron chi connectivity index (χ3n) is 10.1. The molecule has 0 radical (unpaired) electrons. The molecule has 2 aliphatic heterocycles. The molecule has 1 atom stereocenters. The molecule has 0 aliphatic carbocycles. The van der Waals surface area contributed by atoms with Gasteiger partial charge in [0.2, 0.25) is 0 Å². The third kappa shape index (κ3) is 5.59. The Labute approximate surface area is 292 Å². The first-order valence-electron chi connectivity index (χ1n) is 16.8. The average Bonchev–Trinajstić information content (AvgIpc) is 3.70. The van der Waals surface area contributed by atoms with E-state index < -0.39 is 5.97 Å². The first-order chi connectivity index (χ1) is 23.7. The Balaban J connectivity index is 1.28. The van der Waals surface area contributed by atoms with Gasteiger partial charge in [-0.25, -0.2) is 14.2 Å². The number of carboxylic acids is 1. The first-order valence-corrected chi connectivity index (χ1v) is 18.0. The highest BCUT2D eigenvalue weighted by atomic mass is 35.5. The van der Waals surface area contributed by atoms with Gasteiger partial charge in [-0.2, -0.15) is 5.10 Å². The fraction of sp³-hybridized carbons (Fsp3) is 0.342. The molecule has 0 fully saturated rings. The van der Waals surface area contributed by atoms with E-state index in [1.165, 1.54) is 10.9 Å². The van der Waals surface area contributed by atoms with Crippen molar-refractivity contribution in [3.8, 4) is 16.9 Å². The van der Waals surface area contributed by atoms with Crippen LogP contribution in [0, 0.1) is 19.7 Å². The van der Waals surface area contributed by atoms with E-state index in [0.717, 1.165) is 98.2 Å². The van der Waals surface area contributed by atoms with E-state index in [2.05, 4.69) is 23.0 Å². The molecular formula is C38H37ClFN5O3S. The Morgan fingerprint density at radius 2 is 1.90 bits per heavy atom. The van der Waals surface area contributed by atoms with Crippen LogP contribution in [-0.4, -0.2) is 37.0 Å². The van der Waals surface area contributed by atoms with Crippen molar-refractivity contribution >= 4 is 50.6 Å². The SMILES string of the molecule is Cc1nc2sc1CCc1cc(c3ccc(F)cc3c1)OCCCc1c(C(=O)O)n(C)c3c(c(Cl)ccc13)-c1c(C)nn3c1C(CCC3)NC2. The zero-order chi connectivity index (χ0) is 34.0. The number of aryl methyl sites for hydroxylation is 7. The zero-order valence-corrected chi connectivity index (χ0v) is 29.3. The predicted octanol–water partition coefficient (Wildman–Crippen LogP) is 8.49. The summed E-state index contributed by atoms with van der Waals surface area (Å²) in [5, 5.41) is 23.4. The molecule has 8 rings (SSSR count). The summed E-state index contributed by atoms with van der Waals surface area (Å²) in [7, 11) is 1.81. The monoisotopic (exact) mass is 697 g/mol. The van der Waals surface area contributed by atoms with Gasteiger partial charge in [-0.05, 0) is 99.2 Å². The van der Waals surface area contributed by atoms with Crippen molar-refractivity contribution in [2.45, 2.75) is 71.5 Å². The lowest BCUT2D eigenvalue weighted by molar-refractivity contribution is 0.0685. The van der Waals surface area contributed by atoms with Crippen molar-refractivity contribution < 1.29 is 19.0 Å². The highest BCUT2D eigenvalue weighted by Crippen LogP contribution is 2.45. The van der Waals surface area contributed by atoms with Gasteiger partial charge in [-0.15, -0.1) is 11.3 Å². The molecule has 11 heteroatoms. The molecule has 5 heterocycles. The molecule has 252 valence electrons. The minimum Gasteiger partial charge on any atom is -0.493 e. The van der Waals surface area contributed by atoms with Crippen LogP contribution in [-0.2, 0) is 39.4 Å². The van der Waals surface area contributed by atoms with Crippen molar-refractivity contribution in [3.63, 3.8) is 0 Å². The zero-order valence-electron chi connectivity index (χ0n) is 27.7. The normalized spacial score (nSPS) is 16.8. The molecular weight excluding hydrogens is 661 g/mol. The van der Waals surface area contributed by atoms with Crippen LogP contribution in [0.5, 0.6) is 5.75 Å². The molecule has 0 saturated heterocycles. The molecule has 3 aromatic carbocycles. The Kier molecular flexibility index (Phi) is 8.21. The number of carboxylic acid groups (broad SMARTS) is 1. The topological polar surface area (TPSA) is 94.2 Å². The average molecular weight is 698 g/mol. The maximum atomic E-state index is 14.3. The molecule has 6 aromatic rings. The van der Waals surface area contributed by atoms with Crippen molar-refractivity contribution in [2.75, 3.05) is 6.61 Å². The van der Waals surface area contributed by atoms with Gasteiger partial charge in [0, 0.05) is 46.9 Å². The molecule has 3 aromatic heterocycles. The summed E-state index contributed by atoms with van der Waals surface area (Å²) in [4.78, 5) is 19.0. The molecule has 2 N–H and O–H groups in total. The fourth-order valence-corrected chi connectivity index (χ4v) is 9.17. The second-order valence-electron chi connectivity index (χ2n) is 13.2.